The zero-order valence-electron chi connectivity index (χ0n) is 16.1. The molecular weight excluding hydrogens is 388 g/mol. The minimum Gasteiger partial charge on any atom is -0.342 e. The molecule has 3 N–H and O–H groups in total. The number of halogens is 1. The summed E-state index contributed by atoms with van der Waals surface area (Å²) in [6.45, 7) is 1.80. The number of benzene rings is 2. The molecule has 2 heterocycles. The van der Waals surface area contributed by atoms with E-state index in [0.717, 1.165) is 11.3 Å². The second-order valence-electron chi connectivity index (χ2n) is 7.62. The van der Waals surface area contributed by atoms with Crippen molar-refractivity contribution < 1.29 is 9.59 Å². The maximum Gasteiger partial charge on any atom is 0.229 e. The number of hydrogen-bond acceptors (Lipinski definition) is 4. The highest BCUT2D eigenvalue weighted by atomic mass is 35.5. The summed E-state index contributed by atoms with van der Waals surface area (Å²) in [5.41, 5.74) is 8.17. The number of rotatable bonds is 4. The molecule has 0 bridgehead atoms. The SMILES string of the molecule is O=C(Nc1ccccc1)C1CCN(C(=O)C2CNNC2c2ccc(Cl)cc2)CC1. The molecule has 2 unspecified atom stereocenters. The van der Waals surface area contributed by atoms with Gasteiger partial charge >= 0.3 is 0 Å². The van der Waals surface area contributed by atoms with Crippen LogP contribution in [0.2, 0.25) is 5.02 Å². The smallest absolute Gasteiger partial charge is 0.229 e. The molecule has 2 atom stereocenters. The number of nitrogens with zero attached hydrogens (tertiary/aromatic N) is 1. The topological polar surface area (TPSA) is 73.5 Å². The number of hydrogen-bond donors (Lipinski definition) is 3. The highest BCUT2D eigenvalue weighted by Gasteiger charge is 2.38. The fraction of sp³-hybridized carbons (Fsp3) is 0.364. The van der Waals surface area contributed by atoms with E-state index in [4.69, 9.17) is 11.6 Å². The Morgan fingerprint density at radius 3 is 2.38 bits per heavy atom. The second-order valence-corrected chi connectivity index (χ2v) is 8.05. The normalized spacial score (nSPS) is 22.4. The van der Waals surface area contributed by atoms with Gasteiger partial charge in [-0.05, 0) is 42.7 Å². The Hall–Kier alpha value is -2.41. The summed E-state index contributed by atoms with van der Waals surface area (Å²) in [5, 5.41) is 3.65. The summed E-state index contributed by atoms with van der Waals surface area (Å²) in [6, 6.07) is 17.0. The molecule has 2 amide bonds. The van der Waals surface area contributed by atoms with Gasteiger partial charge in [0.15, 0.2) is 0 Å². The molecule has 0 saturated carbocycles. The number of carbonyl (C=O) groups is 2. The van der Waals surface area contributed by atoms with Crippen LogP contribution >= 0.6 is 11.6 Å². The average molecular weight is 413 g/mol. The monoisotopic (exact) mass is 412 g/mol. The van der Waals surface area contributed by atoms with Crippen LogP contribution in [0.15, 0.2) is 54.6 Å². The molecule has 6 nitrogen and oxygen atoms in total. The molecule has 2 aromatic carbocycles. The van der Waals surface area contributed by atoms with Gasteiger partial charge in [-0.15, -0.1) is 0 Å². The van der Waals surface area contributed by atoms with E-state index in [1.54, 1.807) is 0 Å². The molecule has 7 heteroatoms. The Labute approximate surface area is 175 Å². The molecule has 2 fully saturated rings. The van der Waals surface area contributed by atoms with E-state index < -0.39 is 0 Å². The molecule has 0 radical (unpaired) electrons. The standard InChI is InChI=1S/C22H25ClN4O2/c23-17-8-6-15(7-9-17)20-19(14-24-26-20)22(29)27-12-10-16(11-13-27)21(28)25-18-4-2-1-3-5-18/h1-9,16,19-20,24,26H,10-14H2,(H,25,28). The van der Waals surface area contributed by atoms with E-state index in [-0.39, 0.29) is 29.7 Å². The molecule has 152 valence electrons. The van der Waals surface area contributed by atoms with Crippen molar-refractivity contribution in [1.82, 2.24) is 15.8 Å². The van der Waals surface area contributed by atoms with Crippen LogP contribution < -0.4 is 16.2 Å². The largest absolute Gasteiger partial charge is 0.342 e. The molecule has 0 aliphatic carbocycles. The summed E-state index contributed by atoms with van der Waals surface area (Å²) >= 11 is 5.99. The number of amides is 2. The first kappa shape index (κ1) is 19.9. The van der Waals surface area contributed by atoms with Gasteiger partial charge in [0, 0.05) is 36.3 Å². The molecule has 2 aliphatic rings. The van der Waals surface area contributed by atoms with E-state index in [2.05, 4.69) is 16.2 Å². The molecule has 29 heavy (non-hydrogen) atoms. The van der Waals surface area contributed by atoms with E-state index >= 15 is 0 Å². The van der Waals surface area contributed by atoms with Crippen LogP contribution in [0.4, 0.5) is 5.69 Å². The number of para-hydroxylation sites is 1. The van der Waals surface area contributed by atoms with Crippen LogP contribution in [0.5, 0.6) is 0 Å². The first-order valence-electron chi connectivity index (χ1n) is 10.0. The number of likely N-dealkylation sites (tertiary alicyclic amines) is 1. The Morgan fingerprint density at radius 2 is 1.69 bits per heavy atom. The van der Waals surface area contributed by atoms with Crippen LogP contribution in [0.1, 0.15) is 24.4 Å². The quantitative estimate of drug-likeness (QED) is 0.721. The maximum atomic E-state index is 13.1. The number of nitrogens with one attached hydrogen (secondary N) is 3. The lowest BCUT2D eigenvalue weighted by Gasteiger charge is -2.34. The summed E-state index contributed by atoms with van der Waals surface area (Å²) in [4.78, 5) is 27.6. The third-order valence-electron chi connectivity index (χ3n) is 5.75. The maximum absolute atomic E-state index is 13.1. The van der Waals surface area contributed by atoms with Gasteiger partial charge < -0.3 is 10.2 Å². The zero-order chi connectivity index (χ0) is 20.2. The van der Waals surface area contributed by atoms with E-state index in [1.165, 1.54) is 0 Å². The molecule has 0 spiro atoms. The summed E-state index contributed by atoms with van der Waals surface area (Å²) < 4.78 is 0. The molecule has 2 aromatic rings. The van der Waals surface area contributed by atoms with Gasteiger partial charge in [-0.1, -0.05) is 41.9 Å². The van der Waals surface area contributed by atoms with Crippen molar-refractivity contribution >= 4 is 29.1 Å². The third kappa shape index (κ3) is 4.61. The third-order valence-corrected chi connectivity index (χ3v) is 6.00. The Bertz CT molecular complexity index is 851. The Balaban J connectivity index is 1.33. The van der Waals surface area contributed by atoms with Gasteiger partial charge in [0.2, 0.25) is 11.8 Å². The van der Waals surface area contributed by atoms with E-state index in [1.807, 2.05) is 59.5 Å². The fourth-order valence-electron chi connectivity index (χ4n) is 4.08. The fourth-order valence-corrected chi connectivity index (χ4v) is 4.20. The van der Waals surface area contributed by atoms with Crippen molar-refractivity contribution in [2.45, 2.75) is 18.9 Å². The van der Waals surface area contributed by atoms with Gasteiger partial charge in [-0.3, -0.25) is 15.0 Å². The first-order chi connectivity index (χ1) is 14.1. The molecule has 4 rings (SSSR count). The summed E-state index contributed by atoms with van der Waals surface area (Å²) in [6.07, 6.45) is 1.37. The van der Waals surface area contributed by atoms with Crippen molar-refractivity contribution in [2.24, 2.45) is 11.8 Å². The van der Waals surface area contributed by atoms with Crippen molar-refractivity contribution in [1.29, 1.82) is 0 Å². The van der Waals surface area contributed by atoms with Crippen molar-refractivity contribution in [2.75, 3.05) is 25.0 Å². The van der Waals surface area contributed by atoms with Gasteiger partial charge in [-0.2, -0.15) is 0 Å². The number of anilines is 1. The van der Waals surface area contributed by atoms with Crippen LogP contribution in [-0.2, 0) is 9.59 Å². The summed E-state index contributed by atoms with van der Waals surface area (Å²) in [5.74, 6) is -0.0760. The van der Waals surface area contributed by atoms with Gasteiger partial charge in [0.25, 0.3) is 0 Å². The second kappa shape index (κ2) is 8.95. The minimum absolute atomic E-state index is 0.0338. The predicted molar refractivity (Wildman–Crippen MR) is 113 cm³/mol. The number of hydrazine groups is 1. The molecule has 2 aliphatic heterocycles. The lowest BCUT2D eigenvalue weighted by molar-refractivity contribution is -0.138. The average Bonchev–Trinajstić information content (AvgIpc) is 3.24. The summed E-state index contributed by atoms with van der Waals surface area (Å²) in [7, 11) is 0. The Morgan fingerprint density at radius 1 is 1.00 bits per heavy atom. The first-order valence-corrected chi connectivity index (χ1v) is 10.4. The Kier molecular flexibility index (Phi) is 6.13. The van der Waals surface area contributed by atoms with Crippen molar-refractivity contribution in [3.8, 4) is 0 Å². The van der Waals surface area contributed by atoms with E-state index in [9.17, 15) is 9.59 Å². The van der Waals surface area contributed by atoms with Gasteiger partial charge in [-0.25, -0.2) is 5.43 Å². The van der Waals surface area contributed by atoms with Crippen LogP contribution in [0.3, 0.4) is 0 Å². The zero-order valence-corrected chi connectivity index (χ0v) is 16.9. The van der Waals surface area contributed by atoms with Crippen LogP contribution in [0.25, 0.3) is 0 Å². The highest BCUT2D eigenvalue weighted by molar-refractivity contribution is 6.30. The minimum atomic E-state index is -0.175. The predicted octanol–water partition coefficient (Wildman–Crippen LogP) is 2.98. The molecular formula is C22H25ClN4O2. The molecule has 0 aromatic heterocycles. The molecule has 2 saturated heterocycles. The van der Waals surface area contributed by atoms with E-state index in [0.29, 0.717) is 37.5 Å². The van der Waals surface area contributed by atoms with Gasteiger partial charge in [0.05, 0.1) is 12.0 Å². The van der Waals surface area contributed by atoms with Crippen LogP contribution in [0, 0.1) is 11.8 Å². The van der Waals surface area contributed by atoms with Crippen molar-refractivity contribution in [3.63, 3.8) is 0 Å². The lowest BCUT2D eigenvalue weighted by atomic mass is 9.91. The van der Waals surface area contributed by atoms with Crippen LogP contribution in [-0.4, -0.2) is 36.3 Å². The highest BCUT2D eigenvalue weighted by Crippen LogP contribution is 2.29. The number of carbonyl (C=O) groups excluding carboxylic acids is 2. The number of piperidine rings is 1. The van der Waals surface area contributed by atoms with Crippen molar-refractivity contribution in [3.05, 3.63) is 65.2 Å². The lowest BCUT2D eigenvalue weighted by Crippen LogP contribution is -2.45. The van der Waals surface area contributed by atoms with Gasteiger partial charge in [0.1, 0.15) is 0 Å².